The van der Waals surface area contributed by atoms with E-state index in [1.165, 1.54) is 37.6 Å². The molecule has 1 N–H and O–H groups in total. The van der Waals surface area contributed by atoms with Gasteiger partial charge in [0.1, 0.15) is 17.0 Å². The van der Waals surface area contributed by atoms with E-state index in [2.05, 4.69) is 31.6 Å². The van der Waals surface area contributed by atoms with Crippen LogP contribution in [0.3, 0.4) is 0 Å². The number of rotatable bonds is 2. The number of thiophene rings is 1. The number of aromatic nitrogens is 2. The largest absolute Gasteiger partial charge is 0.356 e. The van der Waals surface area contributed by atoms with Crippen molar-refractivity contribution in [1.29, 1.82) is 0 Å². The highest BCUT2D eigenvalue weighted by molar-refractivity contribution is 7.16. The van der Waals surface area contributed by atoms with Crippen LogP contribution in [0, 0.1) is 5.92 Å². The average molecular weight is 288 g/mol. The van der Waals surface area contributed by atoms with Crippen molar-refractivity contribution < 1.29 is 0 Å². The third kappa shape index (κ3) is 2.19. The molecule has 0 bridgehead atoms. The van der Waals surface area contributed by atoms with Crippen LogP contribution in [0.15, 0.2) is 17.8 Å². The first-order chi connectivity index (χ1) is 9.92. The SMILES string of the molecule is c1nc(N2CCC(C3CCCN3)CC2)c2ccsc2n1. The monoisotopic (exact) mass is 288 g/mol. The highest BCUT2D eigenvalue weighted by Gasteiger charge is 2.29. The molecule has 1 atom stereocenters. The lowest BCUT2D eigenvalue weighted by molar-refractivity contribution is 0.318. The molecule has 2 aliphatic heterocycles. The van der Waals surface area contributed by atoms with E-state index >= 15 is 0 Å². The van der Waals surface area contributed by atoms with Crippen molar-refractivity contribution >= 4 is 27.4 Å². The van der Waals surface area contributed by atoms with Crippen molar-refractivity contribution in [3.05, 3.63) is 17.8 Å². The van der Waals surface area contributed by atoms with Gasteiger partial charge in [0.05, 0.1) is 5.39 Å². The molecule has 0 spiro atoms. The molecule has 0 radical (unpaired) electrons. The quantitative estimate of drug-likeness (QED) is 0.922. The molecule has 5 heteroatoms. The molecule has 2 aromatic rings. The zero-order chi connectivity index (χ0) is 13.4. The summed E-state index contributed by atoms with van der Waals surface area (Å²) in [5.74, 6) is 1.99. The summed E-state index contributed by atoms with van der Waals surface area (Å²) in [4.78, 5) is 12.4. The Kier molecular flexibility index (Phi) is 3.32. The van der Waals surface area contributed by atoms with Crippen molar-refractivity contribution in [3.63, 3.8) is 0 Å². The molecular weight excluding hydrogens is 268 g/mol. The second-order valence-corrected chi connectivity index (χ2v) is 6.76. The molecule has 2 saturated heterocycles. The molecule has 4 rings (SSSR count). The lowest BCUT2D eigenvalue weighted by Crippen LogP contribution is -2.41. The van der Waals surface area contributed by atoms with Crippen LogP contribution in [0.4, 0.5) is 5.82 Å². The predicted molar refractivity (Wildman–Crippen MR) is 83.4 cm³/mol. The van der Waals surface area contributed by atoms with Crippen molar-refractivity contribution in [3.8, 4) is 0 Å². The fourth-order valence-electron chi connectivity index (χ4n) is 3.66. The molecule has 20 heavy (non-hydrogen) atoms. The summed E-state index contributed by atoms with van der Waals surface area (Å²) in [6.45, 7) is 3.47. The first-order valence-corrected chi connectivity index (χ1v) is 8.46. The fourth-order valence-corrected chi connectivity index (χ4v) is 4.38. The summed E-state index contributed by atoms with van der Waals surface area (Å²) < 4.78 is 0. The molecule has 0 aromatic carbocycles. The van der Waals surface area contributed by atoms with Gasteiger partial charge in [-0.3, -0.25) is 0 Å². The Balaban J connectivity index is 1.50. The highest BCUT2D eigenvalue weighted by atomic mass is 32.1. The summed E-state index contributed by atoms with van der Waals surface area (Å²) in [7, 11) is 0. The van der Waals surface area contributed by atoms with Crippen molar-refractivity contribution in [1.82, 2.24) is 15.3 Å². The maximum atomic E-state index is 4.53. The molecule has 4 nitrogen and oxygen atoms in total. The zero-order valence-electron chi connectivity index (χ0n) is 11.6. The molecular formula is C15H20N4S. The maximum Gasteiger partial charge on any atom is 0.140 e. The highest BCUT2D eigenvalue weighted by Crippen LogP contribution is 2.31. The van der Waals surface area contributed by atoms with Gasteiger partial charge in [-0.1, -0.05) is 0 Å². The minimum atomic E-state index is 0.767. The minimum Gasteiger partial charge on any atom is -0.356 e. The predicted octanol–water partition coefficient (Wildman–Crippen LogP) is 2.66. The van der Waals surface area contributed by atoms with Gasteiger partial charge in [-0.05, 0) is 49.6 Å². The second-order valence-electron chi connectivity index (χ2n) is 5.86. The normalized spacial score (nSPS) is 24.6. The van der Waals surface area contributed by atoms with Crippen LogP contribution in [0.2, 0.25) is 0 Å². The third-order valence-corrected chi connectivity index (χ3v) is 5.57. The van der Waals surface area contributed by atoms with Gasteiger partial charge in [0.2, 0.25) is 0 Å². The van der Waals surface area contributed by atoms with Crippen LogP contribution in [0.5, 0.6) is 0 Å². The van der Waals surface area contributed by atoms with Crippen molar-refractivity contribution in [2.24, 2.45) is 5.92 Å². The van der Waals surface area contributed by atoms with Gasteiger partial charge in [0.25, 0.3) is 0 Å². The maximum absolute atomic E-state index is 4.53. The van der Waals surface area contributed by atoms with Gasteiger partial charge in [-0.2, -0.15) is 0 Å². The van der Waals surface area contributed by atoms with Gasteiger partial charge in [-0.25, -0.2) is 9.97 Å². The molecule has 4 heterocycles. The lowest BCUT2D eigenvalue weighted by Gasteiger charge is -2.35. The third-order valence-electron chi connectivity index (χ3n) is 4.75. The number of hydrogen-bond acceptors (Lipinski definition) is 5. The number of nitrogens with zero attached hydrogens (tertiary/aromatic N) is 3. The molecule has 0 saturated carbocycles. The second kappa shape index (κ2) is 5.30. The van der Waals surface area contributed by atoms with E-state index in [4.69, 9.17) is 0 Å². The molecule has 2 fully saturated rings. The molecule has 1 unspecified atom stereocenters. The average Bonchev–Trinajstić information content (AvgIpc) is 3.18. The number of piperidine rings is 1. The molecule has 0 amide bonds. The van der Waals surface area contributed by atoms with E-state index in [9.17, 15) is 0 Å². The van der Waals surface area contributed by atoms with Crippen LogP contribution in [-0.4, -0.2) is 35.6 Å². The van der Waals surface area contributed by atoms with Crippen molar-refractivity contribution in [2.45, 2.75) is 31.7 Å². The van der Waals surface area contributed by atoms with Gasteiger partial charge in [0, 0.05) is 19.1 Å². The number of fused-ring (bicyclic) bond motifs is 1. The van der Waals surface area contributed by atoms with Crippen molar-refractivity contribution in [2.75, 3.05) is 24.5 Å². The van der Waals surface area contributed by atoms with E-state index in [0.717, 1.165) is 35.7 Å². The minimum absolute atomic E-state index is 0.767. The topological polar surface area (TPSA) is 41.1 Å². The van der Waals surface area contributed by atoms with Gasteiger partial charge in [0.15, 0.2) is 0 Å². The summed E-state index contributed by atoms with van der Waals surface area (Å²) >= 11 is 1.70. The molecule has 2 aromatic heterocycles. The fraction of sp³-hybridized carbons (Fsp3) is 0.600. The number of hydrogen-bond donors (Lipinski definition) is 1. The smallest absolute Gasteiger partial charge is 0.140 e. The summed E-state index contributed by atoms with van der Waals surface area (Å²) in [6.07, 6.45) is 7.00. The summed E-state index contributed by atoms with van der Waals surface area (Å²) in [5.41, 5.74) is 0. The zero-order valence-corrected chi connectivity index (χ0v) is 12.4. The van der Waals surface area contributed by atoms with E-state index in [1.807, 2.05) is 0 Å². The Morgan fingerprint density at radius 1 is 1.20 bits per heavy atom. The van der Waals surface area contributed by atoms with Gasteiger partial charge in [-0.15, -0.1) is 11.3 Å². The Labute approximate surface area is 123 Å². The number of anilines is 1. The van der Waals surface area contributed by atoms with E-state index < -0.39 is 0 Å². The van der Waals surface area contributed by atoms with Crippen LogP contribution in [0.25, 0.3) is 10.2 Å². The van der Waals surface area contributed by atoms with Crippen LogP contribution in [0.1, 0.15) is 25.7 Å². The van der Waals surface area contributed by atoms with Gasteiger partial charge < -0.3 is 10.2 Å². The number of nitrogens with one attached hydrogen (secondary N) is 1. The molecule has 2 aliphatic rings. The first kappa shape index (κ1) is 12.5. The molecule has 106 valence electrons. The summed E-state index contributed by atoms with van der Waals surface area (Å²) in [6, 6.07) is 2.92. The Bertz CT molecular complexity index is 582. The van der Waals surface area contributed by atoms with Crippen LogP contribution in [-0.2, 0) is 0 Å². The van der Waals surface area contributed by atoms with E-state index in [0.29, 0.717) is 0 Å². The van der Waals surface area contributed by atoms with E-state index in [1.54, 1.807) is 17.7 Å². The Morgan fingerprint density at radius 2 is 2.10 bits per heavy atom. The standard InChI is InChI=1S/C15H20N4S/c1-2-13(16-6-1)11-3-7-19(8-4-11)14-12-5-9-20-15(12)18-10-17-14/h5,9-11,13,16H,1-4,6-8H2. The van der Waals surface area contributed by atoms with Crippen LogP contribution < -0.4 is 10.2 Å². The van der Waals surface area contributed by atoms with E-state index in [-0.39, 0.29) is 0 Å². The lowest BCUT2D eigenvalue weighted by atomic mass is 9.88. The Hall–Kier alpha value is -1.20. The molecule has 0 aliphatic carbocycles. The first-order valence-electron chi connectivity index (χ1n) is 7.58. The van der Waals surface area contributed by atoms with Crippen LogP contribution >= 0.6 is 11.3 Å². The Morgan fingerprint density at radius 3 is 2.90 bits per heavy atom. The van der Waals surface area contributed by atoms with Gasteiger partial charge >= 0.3 is 0 Å². The summed E-state index contributed by atoms with van der Waals surface area (Å²) in [5, 5.41) is 6.99.